The molecule has 1 aromatic carbocycles. The predicted octanol–water partition coefficient (Wildman–Crippen LogP) is 2.81. The Hall–Kier alpha value is -1.61. The Kier molecular flexibility index (Phi) is 3.82. The van der Waals surface area contributed by atoms with Crippen molar-refractivity contribution in [1.82, 2.24) is 15.1 Å². The molecule has 0 spiro atoms. The van der Waals surface area contributed by atoms with Gasteiger partial charge in [0.05, 0.1) is 6.20 Å². The summed E-state index contributed by atoms with van der Waals surface area (Å²) in [5, 5.41) is 7.69. The summed E-state index contributed by atoms with van der Waals surface area (Å²) in [6, 6.07) is 6.64. The van der Waals surface area contributed by atoms with Gasteiger partial charge in [-0.1, -0.05) is 19.1 Å². The van der Waals surface area contributed by atoms with Gasteiger partial charge in [0.25, 0.3) is 0 Å². The van der Waals surface area contributed by atoms with Gasteiger partial charge in [0.2, 0.25) is 0 Å². The molecule has 2 aromatic rings. The average molecular weight is 243 g/mol. The minimum Gasteiger partial charge on any atom is -0.313 e. The quantitative estimate of drug-likeness (QED) is 0.895. The molecule has 1 N–H and O–H groups in total. The van der Waals surface area contributed by atoms with E-state index >= 15 is 0 Å². The lowest BCUT2D eigenvalue weighted by atomic mass is 9.98. The molecule has 3 heteroatoms. The number of hydrogen-bond acceptors (Lipinski definition) is 2. The Bertz CT molecular complexity index is 541. The monoisotopic (exact) mass is 243 g/mol. The van der Waals surface area contributed by atoms with Crippen LogP contribution in [0.1, 0.15) is 23.7 Å². The lowest BCUT2D eigenvalue weighted by Gasteiger charge is -2.09. The van der Waals surface area contributed by atoms with Crippen molar-refractivity contribution in [2.75, 3.05) is 6.54 Å². The molecule has 0 radical (unpaired) electrons. The van der Waals surface area contributed by atoms with Crippen molar-refractivity contribution in [1.29, 1.82) is 0 Å². The van der Waals surface area contributed by atoms with Crippen molar-refractivity contribution in [2.24, 2.45) is 7.05 Å². The number of rotatable bonds is 4. The van der Waals surface area contributed by atoms with Gasteiger partial charge in [-0.15, -0.1) is 0 Å². The molecule has 3 nitrogen and oxygen atoms in total. The van der Waals surface area contributed by atoms with Crippen LogP contribution in [0.4, 0.5) is 0 Å². The fourth-order valence-corrected chi connectivity index (χ4v) is 2.10. The average Bonchev–Trinajstić information content (AvgIpc) is 2.69. The number of aryl methyl sites for hydroxylation is 2. The Morgan fingerprint density at radius 3 is 2.61 bits per heavy atom. The van der Waals surface area contributed by atoms with Crippen molar-refractivity contribution in [3.8, 4) is 11.1 Å². The van der Waals surface area contributed by atoms with Crippen LogP contribution in [0.25, 0.3) is 11.1 Å². The molecule has 0 saturated carbocycles. The van der Waals surface area contributed by atoms with Crippen LogP contribution in [0.2, 0.25) is 0 Å². The molecule has 0 aliphatic carbocycles. The van der Waals surface area contributed by atoms with Crippen LogP contribution in [0.3, 0.4) is 0 Å². The van der Waals surface area contributed by atoms with Gasteiger partial charge >= 0.3 is 0 Å². The zero-order valence-corrected chi connectivity index (χ0v) is 11.6. The second-order valence-corrected chi connectivity index (χ2v) is 4.70. The first-order chi connectivity index (χ1) is 8.63. The summed E-state index contributed by atoms with van der Waals surface area (Å²) < 4.78 is 1.92. The first-order valence-corrected chi connectivity index (χ1v) is 6.42. The fourth-order valence-electron chi connectivity index (χ4n) is 2.10. The van der Waals surface area contributed by atoms with E-state index in [2.05, 4.69) is 49.4 Å². The summed E-state index contributed by atoms with van der Waals surface area (Å²) in [6.07, 6.45) is 1.95. The van der Waals surface area contributed by atoms with Gasteiger partial charge in [-0.05, 0) is 43.1 Å². The Morgan fingerprint density at radius 2 is 2.00 bits per heavy atom. The standard InChI is InChI=1S/C15H21N3/c1-5-16-9-13-7-6-11(2)14(8-13)15-10-17-18(4)12(15)3/h6-8,10,16H,5,9H2,1-4H3. The first-order valence-electron chi connectivity index (χ1n) is 6.42. The summed E-state index contributed by atoms with van der Waals surface area (Å²) in [4.78, 5) is 0. The number of hydrogen-bond donors (Lipinski definition) is 1. The van der Waals surface area contributed by atoms with Crippen molar-refractivity contribution < 1.29 is 0 Å². The van der Waals surface area contributed by atoms with Crippen LogP contribution in [-0.2, 0) is 13.6 Å². The third-order valence-corrected chi connectivity index (χ3v) is 3.41. The lowest BCUT2D eigenvalue weighted by molar-refractivity contribution is 0.727. The number of aromatic nitrogens is 2. The Morgan fingerprint density at radius 1 is 1.22 bits per heavy atom. The van der Waals surface area contributed by atoms with Crippen LogP contribution in [-0.4, -0.2) is 16.3 Å². The van der Waals surface area contributed by atoms with Gasteiger partial charge in [-0.3, -0.25) is 4.68 Å². The number of nitrogens with one attached hydrogen (secondary N) is 1. The van der Waals surface area contributed by atoms with Crippen LogP contribution < -0.4 is 5.32 Å². The minimum absolute atomic E-state index is 0.920. The molecular formula is C15H21N3. The molecule has 0 amide bonds. The highest BCUT2D eigenvalue weighted by Crippen LogP contribution is 2.27. The maximum atomic E-state index is 4.33. The molecule has 0 saturated heterocycles. The minimum atomic E-state index is 0.920. The molecule has 1 heterocycles. The molecule has 0 unspecified atom stereocenters. The van der Waals surface area contributed by atoms with Gasteiger partial charge in [-0.25, -0.2) is 0 Å². The lowest BCUT2D eigenvalue weighted by Crippen LogP contribution is -2.11. The van der Waals surface area contributed by atoms with Gasteiger partial charge in [0.1, 0.15) is 0 Å². The van der Waals surface area contributed by atoms with Gasteiger partial charge in [0.15, 0.2) is 0 Å². The second kappa shape index (κ2) is 5.36. The maximum absolute atomic E-state index is 4.33. The molecule has 0 aliphatic rings. The zero-order chi connectivity index (χ0) is 13.1. The normalized spacial score (nSPS) is 10.9. The summed E-state index contributed by atoms with van der Waals surface area (Å²) in [5.74, 6) is 0. The smallest absolute Gasteiger partial charge is 0.0571 e. The van der Waals surface area contributed by atoms with Crippen molar-refractivity contribution >= 4 is 0 Å². The van der Waals surface area contributed by atoms with E-state index in [1.165, 1.54) is 27.9 Å². The van der Waals surface area contributed by atoms with Crippen molar-refractivity contribution in [2.45, 2.75) is 27.3 Å². The van der Waals surface area contributed by atoms with Crippen LogP contribution in [0.5, 0.6) is 0 Å². The highest BCUT2D eigenvalue weighted by molar-refractivity contribution is 5.69. The second-order valence-electron chi connectivity index (χ2n) is 4.70. The van der Waals surface area contributed by atoms with E-state index < -0.39 is 0 Å². The summed E-state index contributed by atoms with van der Waals surface area (Å²) in [6.45, 7) is 8.30. The molecule has 2 rings (SSSR count). The first kappa shape index (κ1) is 12.8. The molecule has 0 atom stereocenters. The Labute approximate surface area is 109 Å². The molecule has 0 bridgehead atoms. The molecular weight excluding hydrogens is 222 g/mol. The molecule has 1 aromatic heterocycles. The zero-order valence-electron chi connectivity index (χ0n) is 11.6. The highest BCUT2D eigenvalue weighted by atomic mass is 15.3. The fraction of sp³-hybridized carbons (Fsp3) is 0.400. The van der Waals surface area contributed by atoms with E-state index in [-0.39, 0.29) is 0 Å². The molecule has 0 aliphatic heterocycles. The topological polar surface area (TPSA) is 29.9 Å². The third kappa shape index (κ3) is 2.46. The SMILES string of the molecule is CCNCc1ccc(C)c(-c2cnn(C)c2C)c1. The Balaban J connectivity index is 2.40. The molecule has 18 heavy (non-hydrogen) atoms. The molecule has 96 valence electrons. The third-order valence-electron chi connectivity index (χ3n) is 3.41. The van der Waals surface area contributed by atoms with E-state index in [4.69, 9.17) is 0 Å². The number of nitrogens with zero attached hydrogens (tertiary/aromatic N) is 2. The predicted molar refractivity (Wildman–Crippen MR) is 75.5 cm³/mol. The maximum Gasteiger partial charge on any atom is 0.0571 e. The van der Waals surface area contributed by atoms with Crippen molar-refractivity contribution in [3.63, 3.8) is 0 Å². The van der Waals surface area contributed by atoms with Crippen LogP contribution in [0.15, 0.2) is 24.4 Å². The summed E-state index contributed by atoms with van der Waals surface area (Å²) in [7, 11) is 1.98. The summed E-state index contributed by atoms with van der Waals surface area (Å²) in [5.41, 5.74) is 6.34. The van der Waals surface area contributed by atoms with E-state index in [9.17, 15) is 0 Å². The largest absolute Gasteiger partial charge is 0.313 e. The summed E-state index contributed by atoms with van der Waals surface area (Å²) >= 11 is 0. The van der Waals surface area contributed by atoms with Gasteiger partial charge in [-0.2, -0.15) is 5.10 Å². The number of benzene rings is 1. The van der Waals surface area contributed by atoms with E-state index in [1.807, 2.05) is 17.9 Å². The van der Waals surface area contributed by atoms with Gasteiger partial charge < -0.3 is 5.32 Å². The van der Waals surface area contributed by atoms with Crippen molar-refractivity contribution in [3.05, 3.63) is 41.2 Å². The van der Waals surface area contributed by atoms with Crippen LogP contribution in [0, 0.1) is 13.8 Å². The van der Waals surface area contributed by atoms with Crippen LogP contribution >= 0.6 is 0 Å². The van der Waals surface area contributed by atoms with Gasteiger partial charge in [0, 0.05) is 24.8 Å². The van der Waals surface area contributed by atoms with E-state index in [0.717, 1.165) is 13.1 Å². The van der Waals surface area contributed by atoms with E-state index in [0.29, 0.717) is 0 Å². The van der Waals surface area contributed by atoms with E-state index in [1.54, 1.807) is 0 Å². The molecule has 0 fully saturated rings. The highest BCUT2D eigenvalue weighted by Gasteiger charge is 2.09.